The summed E-state index contributed by atoms with van der Waals surface area (Å²) in [5.74, 6) is 1.06. The maximum absolute atomic E-state index is 13.5. The normalized spacial score (nSPS) is 16.5. The maximum Gasteiger partial charge on any atom is 0.304 e. The first-order valence-electron chi connectivity index (χ1n) is 11.4. The Bertz CT molecular complexity index is 1070. The first kappa shape index (κ1) is 25.6. The van der Waals surface area contributed by atoms with E-state index < -0.39 is 16.1 Å². The van der Waals surface area contributed by atoms with Gasteiger partial charge in [0, 0.05) is 31.4 Å². The molecular weight excluding hydrogens is 458 g/mol. The number of methoxy groups -OCH3 is 2. The van der Waals surface area contributed by atoms with Crippen molar-refractivity contribution < 1.29 is 27.4 Å². The summed E-state index contributed by atoms with van der Waals surface area (Å²) in [6.45, 7) is 4.99. The predicted molar refractivity (Wildman–Crippen MR) is 132 cm³/mol. The van der Waals surface area contributed by atoms with Crippen molar-refractivity contribution in [1.82, 2.24) is 4.31 Å². The molecule has 1 aliphatic rings. The molecule has 0 spiro atoms. The lowest BCUT2D eigenvalue weighted by molar-refractivity contribution is -0.120. The molecule has 1 amide bonds. The van der Waals surface area contributed by atoms with E-state index in [1.807, 2.05) is 6.92 Å². The van der Waals surface area contributed by atoms with E-state index in [2.05, 4.69) is 5.32 Å². The molecule has 0 saturated carbocycles. The molecule has 0 aliphatic carbocycles. The molecule has 186 valence electrons. The topological polar surface area (TPSA) is 97.4 Å². The zero-order chi connectivity index (χ0) is 24.7. The Morgan fingerprint density at radius 3 is 2.41 bits per heavy atom. The van der Waals surface area contributed by atoms with Gasteiger partial charge in [0.2, 0.25) is 5.91 Å². The van der Waals surface area contributed by atoms with Crippen LogP contribution in [0.4, 0.5) is 11.4 Å². The van der Waals surface area contributed by atoms with Gasteiger partial charge < -0.3 is 19.5 Å². The van der Waals surface area contributed by atoms with Crippen LogP contribution in [0.15, 0.2) is 42.5 Å². The third-order valence-corrected chi connectivity index (χ3v) is 7.74. The number of rotatable bonds is 10. The van der Waals surface area contributed by atoms with Crippen LogP contribution >= 0.6 is 0 Å². The quantitative estimate of drug-likeness (QED) is 0.546. The highest BCUT2D eigenvalue weighted by Crippen LogP contribution is 2.31. The van der Waals surface area contributed by atoms with Gasteiger partial charge in [-0.2, -0.15) is 12.7 Å². The number of carbonyl (C=O) groups excluding carboxylic acids is 1. The fourth-order valence-corrected chi connectivity index (χ4v) is 5.74. The van der Waals surface area contributed by atoms with Gasteiger partial charge in [-0.15, -0.1) is 0 Å². The van der Waals surface area contributed by atoms with Crippen LogP contribution in [0.3, 0.4) is 0 Å². The molecule has 0 radical (unpaired) electrons. The molecule has 34 heavy (non-hydrogen) atoms. The molecular formula is C24H33N3O6S. The average Bonchev–Trinajstić information content (AvgIpc) is 2.85. The minimum Gasteiger partial charge on any atom is -0.494 e. The van der Waals surface area contributed by atoms with Gasteiger partial charge in [-0.05, 0) is 63.1 Å². The summed E-state index contributed by atoms with van der Waals surface area (Å²) in [6, 6.07) is 12.1. The van der Waals surface area contributed by atoms with Crippen LogP contribution in [-0.2, 0) is 15.0 Å². The second-order valence-electron chi connectivity index (χ2n) is 7.86. The van der Waals surface area contributed by atoms with Crippen molar-refractivity contribution in [3.8, 4) is 17.2 Å². The molecule has 1 heterocycles. The molecule has 1 unspecified atom stereocenters. The summed E-state index contributed by atoms with van der Waals surface area (Å²) in [5, 5.41) is 2.88. The maximum atomic E-state index is 13.5. The molecule has 3 rings (SSSR count). The number of nitrogens with zero attached hydrogens (tertiary/aromatic N) is 2. The Labute approximate surface area is 201 Å². The van der Waals surface area contributed by atoms with E-state index in [1.165, 1.54) is 15.7 Å². The van der Waals surface area contributed by atoms with Crippen molar-refractivity contribution in [2.45, 2.75) is 26.7 Å². The van der Waals surface area contributed by atoms with Gasteiger partial charge in [-0.3, -0.25) is 9.10 Å². The van der Waals surface area contributed by atoms with Crippen LogP contribution in [0.25, 0.3) is 0 Å². The van der Waals surface area contributed by atoms with Crippen molar-refractivity contribution in [3.63, 3.8) is 0 Å². The van der Waals surface area contributed by atoms with Gasteiger partial charge in [-0.1, -0.05) is 0 Å². The number of ether oxygens (including phenoxy) is 3. The molecule has 1 N–H and O–H groups in total. The van der Waals surface area contributed by atoms with E-state index in [4.69, 9.17) is 14.2 Å². The van der Waals surface area contributed by atoms with Crippen LogP contribution in [0.2, 0.25) is 0 Å². The second-order valence-corrected chi connectivity index (χ2v) is 9.71. The van der Waals surface area contributed by atoms with Crippen molar-refractivity contribution in [2.24, 2.45) is 5.92 Å². The Morgan fingerprint density at radius 2 is 1.79 bits per heavy atom. The van der Waals surface area contributed by atoms with Crippen molar-refractivity contribution in [1.29, 1.82) is 0 Å². The fraction of sp³-hybridized carbons (Fsp3) is 0.458. The molecule has 1 saturated heterocycles. The van der Waals surface area contributed by atoms with Gasteiger partial charge >= 0.3 is 10.2 Å². The van der Waals surface area contributed by atoms with Crippen molar-refractivity contribution >= 4 is 27.5 Å². The van der Waals surface area contributed by atoms with E-state index >= 15 is 0 Å². The number of hydrogen-bond donors (Lipinski definition) is 1. The van der Waals surface area contributed by atoms with E-state index in [0.29, 0.717) is 54.6 Å². The molecule has 10 heteroatoms. The number of benzene rings is 2. The van der Waals surface area contributed by atoms with Crippen LogP contribution in [0.5, 0.6) is 17.2 Å². The summed E-state index contributed by atoms with van der Waals surface area (Å²) in [6.07, 6.45) is 1.21. The summed E-state index contributed by atoms with van der Waals surface area (Å²) < 4.78 is 45.7. The average molecular weight is 492 g/mol. The lowest BCUT2D eigenvalue weighted by Gasteiger charge is -2.35. The van der Waals surface area contributed by atoms with Crippen molar-refractivity contribution in [2.75, 3.05) is 50.1 Å². The van der Waals surface area contributed by atoms with Gasteiger partial charge in [0.05, 0.1) is 32.4 Å². The smallest absolute Gasteiger partial charge is 0.304 e. The van der Waals surface area contributed by atoms with Gasteiger partial charge in [-0.25, -0.2) is 0 Å². The number of anilines is 2. The predicted octanol–water partition coefficient (Wildman–Crippen LogP) is 3.52. The third-order valence-electron chi connectivity index (χ3n) is 5.73. The Morgan fingerprint density at radius 1 is 1.09 bits per heavy atom. The number of piperidine rings is 1. The zero-order valence-corrected chi connectivity index (χ0v) is 20.9. The Kier molecular flexibility index (Phi) is 8.62. The monoisotopic (exact) mass is 491 g/mol. The largest absolute Gasteiger partial charge is 0.494 e. The lowest BCUT2D eigenvalue weighted by atomic mass is 9.98. The number of carbonyl (C=O) groups is 1. The molecule has 1 fully saturated rings. The summed E-state index contributed by atoms with van der Waals surface area (Å²) in [7, 11) is -0.735. The second kappa shape index (κ2) is 11.4. The highest BCUT2D eigenvalue weighted by atomic mass is 32.2. The Balaban J connectivity index is 1.72. The fourth-order valence-electron chi connectivity index (χ4n) is 4.02. The minimum absolute atomic E-state index is 0.120. The van der Waals surface area contributed by atoms with Crippen LogP contribution in [0, 0.1) is 5.92 Å². The molecule has 0 bridgehead atoms. The molecule has 0 aromatic heterocycles. The molecule has 1 aliphatic heterocycles. The molecule has 9 nitrogen and oxygen atoms in total. The van der Waals surface area contributed by atoms with Crippen LogP contribution in [0.1, 0.15) is 26.7 Å². The van der Waals surface area contributed by atoms with Gasteiger partial charge in [0.25, 0.3) is 0 Å². The van der Waals surface area contributed by atoms with Crippen molar-refractivity contribution in [3.05, 3.63) is 42.5 Å². The number of nitrogens with one attached hydrogen (secondary N) is 1. The van der Waals surface area contributed by atoms with E-state index in [-0.39, 0.29) is 19.0 Å². The minimum atomic E-state index is -3.80. The van der Waals surface area contributed by atoms with E-state index in [9.17, 15) is 13.2 Å². The summed E-state index contributed by atoms with van der Waals surface area (Å²) in [4.78, 5) is 13.0. The van der Waals surface area contributed by atoms with E-state index in [0.717, 1.165) is 0 Å². The lowest BCUT2D eigenvalue weighted by Crippen LogP contribution is -2.50. The van der Waals surface area contributed by atoms with Gasteiger partial charge in [0.1, 0.15) is 5.75 Å². The standard InChI is InChI=1S/C24H33N3O6S/c1-5-27(20-10-12-21(13-11-20)33-6-2)34(29,30)26-15-7-8-18(17-26)24(28)25-19-9-14-22(31-3)23(16-19)32-4/h9-14,16,18H,5-8,15,17H2,1-4H3,(H,25,28). The summed E-state index contributed by atoms with van der Waals surface area (Å²) >= 11 is 0. The highest BCUT2D eigenvalue weighted by molar-refractivity contribution is 7.90. The highest BCUT2D eigenvalue weighted by Gasteiger charge is 2.35. The van der Waals surface area contributed by atoms with Gasteiger partial charge in [0.15, 0.2) is 11.5 Å². The molecule has 2 aromatic carbocycles. The first-order chi connectivity index (χ1) is 16.3. The summed E-state index contributed by atoms with van der Waals surface area (Å²) in [5.41, 5.74) is 1.12. The number of amides is 1. The first-order valence-corrected chi connectivity index (χ1v) is 12.8. The third kappa shape index (κ3) is 5.74. The number of hydrogen-bond acceptors (Lipinski definition) is 6. The molecule has 2 aromatic rings. The van der Waals surface area contributed by atoms with E-state index in [1.54, 1.807) is 56.5 Å². The van der Waals surface area contributed by atoms with Crippen LogP contribution in [-0.4, -0.2) is 59.1 Å². The zero-order valence-electron chi connectivity index (χ0n) is 20.1. The van der Waals surface area contributed by atoms with Crippen LogP contribution < -0.4 is 23.8 Å². The molecule has 1 atom stereocenters. The Hall–Kier alpha value is -2.98. The SMILES string of the molecule is CCOc1ccc(N(CC)S(=O)(=O)N2CCCC(C(=O)Nc3ccc(OC)c(OC)c3)C2)cc1.